The molecule has 1 aromatic carbocycles. The van der Waals surface area contributed by atoms with Crippen molar-refractivity contribution in [3.05, 3.63) is 29.8 Å². The summed E-state index contributed by atoms with van der Waals surface area (Å²) in [5.41, 5.74) is 1.22. The zero-order chi connectivity index (χ0) is 18.8. The highest BCUT2D eigenvalue weighted by molar-refractivity contribution is 5.80. The first-order chi connectivity index (χ1) is 12.6. The summed E-state index contributed by atoms with van der Waals surface area (Å²) < 4.78 is 0. The second-order valence-electron chi connectivity index (χ2n) is 6.81. The number of guanidine groups is 1. The van der Waals surface area contributed by atoms with Gasteiger partial charge in [0.1, 0.15) is 5.75 Å². The van der Waals surface area contributed by atoms with E-state index in [0.717, 1.165) is 57.8 Å². The molecule has 0 radical (unpaired) electrons. The van der Waals surface area contributed by atoms with Crippen LogP contribution in [-0.4, -0.2) is 55.1 Å². The standard InChI is InChI=1S/C20H32N4O2/c1-3-22-20(23-12-4-5-16-6-8-18(25)9-7-16)24-13-10-17(11-14-24)15-19(26)21-2/h6-9,17,25H,3-5,10-15H2,1-2H3,(H,21,26)(H,22,23). The van der Waals surface area contributed by atoms with E-state index in [0.29, 0.717) is 18.1 Å². The zero-order valence-electron chi connectivity index (χ0n) is 16.0. The summed E-state index contributed by atoms with van der Waals surface area (Å²) in [7, 11) is 1.70. The van der Waals surface area contributed by atoms with Gasteiger partial charge < -0.3 is 20.6 Å². The lowest BCUT2D eigenvalue weighted by molar-refractivity contribution is -0.121. The number of likely N-dealkylation sites (tertiary alicyclic amines) is 1. The van der Waals surface area contributed by atoms with E-state index in [1.165, 1.54) is 5.56 Å². The molecule has 1 saturated heterocycles. The Morgan fingerprint density at radius 1 is 1.27 bits per heavy atom. The average Bonchev–Trinajstić information content (AvgIpc) is 2.66. The summed E-state index contributed by atoms with van der Waals surface area (Å²) in [6.45, 7) is 5.62. The molecule has 1 aliphatic heterocycles. The first kappa shape index (κ1) is 20.1. The zero-order valence-corrected chi connectivity index (χ0v) is 16.0. The molecule has 0 spiro atoms. The van der Waals surface area contributed by atoms with E-state index in [9.17, 15) is 9.90 Å². The smallest absolute Gasteiger partial charge is 0.220 e. The number of carbonyl (C=O) groups excluding carboxylic acids is 1. The molecule has 0 unspecified atom stereocenters. The molecule has 0 aliphatic carbocycles. The molecule has 6 nitrogen and oxygen atoms in total. The highest BCUT2D eigenvalue weighted by Gasteiger charge is 2.22. The number of nitrogens with zero attached hydrogens (tertiary/aromatic N) is 2. The van der Waals surface area contributed by atoms with Crippen LogP contribution in [-0.2, 0) is 11.2 Å². The molecule has 144 valence electrons. The molecular formula is C20H32N4O2. The molecule has 0 bridgehead atoms. The van der Waals surface area contributed by atoms with Crippen molar-refractivity contribution in [2.75, 3.05) is 33.2 Å². The summed E-state index contributed by atoms with van der Waals surface area (Å²) in [6.07, 6.45) is 4.63. The lowest BCUT2D eigenvalue weighted by Crippen LogP contribution is -2.46. The maximum absolute atomic E-state index is 11.5. The minimum absolute atomic E-state index is 0.137. The molecule has 1 aliphatic rings. The quantitative estimate of drug-likeness (QED) is 0.396. The molecule has 1 fully saturated rings. The van der Waals surface area contributed by atoms with Crippen molar-refractivity contribution >= 4 is 11.9 Å². The molecule has 26 heavy (non-hydrogen) atoms. The maximum Gasteiger partial charge on any atom is 0.220 e. The molecule has 1 amide bonds. The van der Waals surface area contributed by atoms with Gasteiger partial charge in [-0.05, 0) is 56.2 Å². The second kappa shape index (κ2) is 10.7. The summed E-state index contributed by atoms with van der Waals surface area (Å²) in [5.74, 6) is 1.90. The van der Waals surface area contributed by atoms with Gasteiger partial charge in [0.15, 0.2) is 5.96 Å². The van der Waals surface area contributed by atoms with Crippen molar-refractivity contribution in [1.82, 2.24) is 15.5 Å². The number of piperidine rings is 1. The normalized spacial score (nSPS) is 15.8. The lowest BCUT2D eigenvalue weighted by Gasteiger charge is -2.34. The van der Waals surface area contributed by atoms with Gasteiger partial charge in [0.2, 0.25) is 5.91 Å². The SMILES string of the molecule is CCNC(=NCCCc1ccc(O)cc1)N1CCC(CC(=O)NC)CC1. The number of rotatable bonds is 7. The number of aromatic hydroxyl groups is 1. The lowest BCUT2D eigenvalue weighted by atomic mass is 9.93. The van der Waals surface area contributed by atoms with Crippen LogP contribution >= 0.6 is 0 Å². The number of phenols is 1. The van der Waals surface area contributed by atoms with E-state index in [-0.39, 0.29) is 5.91 Å². The van der Waals surface area contributed by atoms with Gasteiger partial charge in [-0.2, -0.15) is 0 Å². The summed E-state index contributed by atoms with van der Waals surface area (Å²) in [5, 5.41) is 15.4. The number of phenolic OH excluding ortho intramolecular Hbond substituents is 1. The molecule has 0 atom stereocenters. The van der Waals surface area contributed by atoms with Crippen LogP contribution in [0.3, 0.4) is 0 Å². The number of hydrogen-bond acceptors (Lipinski definition) is 3. The van der Waals surface area contributed by atoms with Crippen LogP contribution in [0.25, 0.3) is 0 Å². The minimum Gasteiger partial charge on any atom is -0.508 e. The van der Waals surface area contributed by atoms with Crippen LogP contribution in [0.5, 0.6) is 5.75 Å². The van der Waals surface area contributed by atoms with Crippen molar-refractivity contribution in [3.8, 4) is 5.75 Å². The molecule has 1 heterocycles. The summed E-state index contributed by atoms with van der Waals surface area (Å²) in [4.78, 5) is 18.6. The summed E-state index contributed by atoms with van der Waals surface area (Å²) >= 11 is 0. The Morgan fingerprint density at radius 2 is 1.96 bits per heavy atom. The van der Waals surface area contributed by atoms with Crippen molar-refractivity contribution in [1.29, 1.82) is 0 Å². The van der Waals surface area contributed by atoms with Crippen molar-refractivity contribution in [2.45, 2.75) is 39.0 Å². The van der Waals surface area contributed by atoms with Gasteiger partial charge in [-0.15, -0.1) is 0 Å². The second-order valence-corrected chi connectivity index (χ2v) is 6.81. The van der Waals surface area contributed by atoms with Gasteiger partial charge in [-0.25, -0.2) is 0 Å². The van der Waals surface area contributed by atoms with Crippen molar-refractivity contribution in [3.63, 3.8) is 0 Å². The van der Waals surface area contributed by atoms with Crippen LogP contribution < -0.4 is 10.6 Å². The average molecular weight is 361 g/mol. The third-order valence-electron chi connectivity index (χ3n) is 4.82. The molecule has 6 heteroatoms. The number of carbonyl (C=O) groups is 1. The Hall–Kier alpha value is -2.24. The van der Waals surface area contributed by atoms with Crippen LogP contribution in [0.15, 0.2) is 29.3 Å². The van der Waals surface area contributed by atoms with Gasteiger partial charge in [0.25, 0.3) is 0 Å². The monoisotopic (exact) mass is 360 g/mol. The van der Waals surface area contributed by atoms with E-state index in [4.69, 9.17) is 4.99 Å². The van der Waals surface area contributed by atoms with Gasteiger partial charge in [-0.3, -0.25) is 9.79 Å². The fraction of sp³-hybridized carbons (Fsp3) is 0.600. The first-order valence-corrected chi connectivity index (χ1v) is 9.64. The maximum atomic E-state index is 11.5. The predicted molar refractivity (Wildman–Crippen MR) is 105 cm³/mol. The van der Waals surface area contributed by atoms with E-state index in [2.05, 4.69) is 22.5 Å². The largest absolute Gasteiger partial charge is 0.508 e. The van der Waals surface area contributed by atoms with Crippen LogP contribution in [0.2, 0.25) is 0 Å². The number of nitrogens with one attached hydrogen (secondary N) is 2. The van der Waals surface area contributed by atoms with E-state index < -0.39 is 0 Å². The number of aliphatic imine (C=N–C) groups is 1. The van der Waals surface area contributed by atoms with Crippen LogP contribution in [0, 0.1) is 5.92 Å². The third-order valence-corrected chi connectivity index (χ3v) is 4.82. The Morgan fingerprint density at radius 3 is 2.58 bits per heavy atom. The summed E-state index contributed by atoms with van der Waals surface area (Å²) in [6, 6.07) is 7.38. The van der Waals surface area contributed by atoms with E-state index in [1.54, 1.807) is 19.2 Å². The van der Waals surface area contributed by atoms with E-state index in [1.807, 2.05) is 12.1 Å². The van der Waals surface area contributed by atoms with Gasteiger partial charge in [0, 0.05) is 39.6 Å². The molecule has 1 aromatic rings. The highest BCUT2D eigenvalue weighted by atomic mass is 16.3. The van der Waals surface area contributed by atoms with Gasteiger partial charge in [-0.1, -0.05) is 12.1 Å². The fourth-order valence-electron chi connectivity index (χ4n) is 3.27. The Kier molecular flexibility index (Phi) is 8.25. The number of amides is 1. The first-order valence-electron chi connectivity index (χ1n) is 9.64. The molecule has 3 N–H and O–H groups in total. The van der Waals surface area contributed by atoms with Crippen LogP contribution in [0.4, 0.5) is 0 Å². The van der Waals surface area contributed by atoms with Gasteiger partial charge in [0.05, 0.1) is 0 Å². The van der Waals surface area contributed by atoms with Gasteiger partial charge >= 0.3 is 0 Å². The molecule has 0 saturated carbocycles. The highest BCUT2D eigenvalue weighted by Crippen LogP contribution is 2.20. The Bertz CT molecular complexity index is 578. The van der Waals surface area contributed by atoms with E-state index >= 15 is 0 Å². The molecular weight excluding hydrogens is 328 g/mol. The fourth-order valence-corrected chi connectivity index (χ4v) is 3.27. The number of hydrogen-bond donors (Lipinski definition) is 3. The topological polar surface area (TPSA) is 77.0 Å². The molecule has 0 aromatic heterocycles. The van der Waals surface area contributed by atoms with Crippen molar-refractivity contribution in [2.24, 2.45) is 10.9 Å². The molecule has 2 rings (SSSR count). The number of aryl methyl sites for hydroxylation is 1. The minimum atomic E-state index is 0.137. The Balaban J connectivity index is 1.79. The third kappa shape index (κ3) is 6.58. The number of benzene rings is 1. The van der Waals surface area contributed by atoms with Crippen molar-refractivity contribution < 1.29 is 9.90 Å². The predicted octanol–water partition coefficient (Wildman–Crippen LogP) is 2.14. The Labute approximate surface area is 156 Å². The van der Waals surface area contributed by atoms with Crippen LogP contribution in [0.1, 0.15) is 38.2 Å².